The normalized spacial score (nSPS) is 30.3. The van der Waals surface area contributed by atoms with Gasteiger partial charge in [-0.3, -0.25) is 4.79 Å². The van der Waals surface area contributed by atoms with Crippen LogP contribution in [-0.4, -0.2) is 35.6 Å². The molecule has 1 fully saturated rings. The van der Waals surface area contributed by atoms with E-state index >= 15 is 0 Å². The van der Waals surface area contributed by atoms with Gasteiger partial charge in [-0.05, 0) is 18.3 Å². The summed E-state index contributed by atoms with van der Waals surface area (Å²) in [6.45, 7) is 7.33. The van der Waals surface area contributed by atoms with E-state index in [1.807, 2.05) is 0 Å². The van der Waals surface area contributed by atoms with Crippen LogP contribution in [0.25, 0.3) is 0 Å². The van der Waals surface area contributed by atoms with Gasteiger partial charge in [0.1, 0.15) is 0 Å². The Balaban J connectivity index is 2.28. The second-order valence-electron chi connectivity index (χ2n) is 4.35. The van der Waals surface area contributed by atoms with Crippen LogP contribution in [0, 0.1) is 11.8 Å². The number of likely N-dealkylation sites (tertiary alicyclic amines) is 1. The first-order valence-electron chi connectivity index (χ1n) is 5.02. The number of carboxylic acid groups (broad SMARTS) is 1. The SMILES string of the molecule is C[C@@H]1C[C@H](C)CN(CCC(=O)O)C1. The van der Waals surface area contributed by atoms with Crippen LogP contribution in [0.1, 0.15) is 26.7 Å². The number of nitrogens with zero attached hydrogens (tertiary/aromatic N) is 1. The highest BCUT2D eigenvalue weighted by Crippen LogP contribution is 2.20. The van der Waals surface area contributed by atoms with Crippen molar-refractivity contribution in [1.29, 1.82) is 0 Å². The first kappa shape index (κ1) is 10.5. The van der Waals surface area contributed by atoms with Crippen LogP contribution < -0.4 is 0 Å². The summed E-state index contributed by atoms with van der Waals surface area (Å²) in [4.78, 5) is 12.6. The molecule has 0 aromatic carbocycles. The van der Waals surface area contributed by atoms with Crippen LogP contribution in [0.5, 0.6) is 0 Å². The van der Waals surface area contributed by atoms with E-state index < -0.39 is 5.97 Å². The molecule has 76 valence electrons. The number of hydrogen-bond donors (Lipinski definition) is 1. The minimum Gasteiger partial charge on any atom is -0.481 e. The number of carbonyl (C=O) groups is 1. The Morgan fingerprint density at radius 3 is 2.38 bits per heavy atom. The van der Waals surface area contributed by atoms with Gasteiger partial charge in [0.2, 0.25) is 0 Å². The average molecular weight is 185 g/mol. The van der Waals surface area contributed by atoms with Gasteiger partial charge in [-0.1, -0.05) is 13.8 Å². The highest BCUT2D eigenvalue weighted by Gasteiger charge is 2.21. The molecule has 1 aliphatic heterocycles. The number of hydrogen-bond acceptors (Lipinski definition) is 2. The lowest BCUT2D eigenvalue weighted by Gasteiger charge is -2.34. The molecule has 0 spiro atoms. The summed E-state index contributed by atoms with van der Waals surface area (Å²) in [7, 11) is 0. The maximum Gasteiger partial charge on any atom is 0.304 e. The lowest BCUT2D eigenvalue weighted by Crippen LogP contribution is -2.39. The fraction of sp³-hybridized carbons (Fsp3) is 0.900. The maximum absolute atomic E-state index is 10.4. The molecule has 0 unspecified atom stereocenters. The Morgan fingerprint density at radius 1 is 1.38 bits per heavy atom. The molecular formula is C10H19NO2. The van der Waals surface area contributed by atoms with Crippen molar-refractivity contribution in [2.24, 2.45) is 11.8 Å². The third kappa shape index (κ3) is 3.77. The molecule has 1 saturated heterocycles. The minimum atomic E-state index is -0.689. The highest BCUT2D eigenvalue weighted by atomic mass is 16.4. The van der Waals surface area contributed by atoms with Gasteiger partial charge in [0.25, 0.3) is 0 Å². The van der Waals surface area contributed by atoms with Crippen LogP contribution in [-0.2, 0) is 4.79 Å². The van der Waals surface area contributed by atoms with Crippen LogP contribution >= 0.6 is 0 Å². The Labute approximate surface area is 79.7 Å². The molecule has 0 radical (unpaired) electrons. The van der Waals surface area contributed by atoms with Gasteiger partial charge in [-0.2, -0.15) is 0 Å². The highest BCUT2D eigenvalue weighted by molar-refractivity contribution is 5.66. The number of rotatable bonds is 3. The molecule has 2 atom stereocenters. The van der Waals surface area contributed by atoms with Crippen LogP contribution in [0.15, 0.2) is 0 Å². The van der Waals surface area contributed by atoms with Crippen molar-refractivity contribution in [3.8, 4) is 0 Å². The number of piperidine rings is 1. The summed E-state index contributed by atoms with van der Waals surface area (Å²) >= 11 is 0. The Bertz CT molecular complexity index is 172. The first-order valence-corrected chi connectivity index (χ1v) is 5.02. The molecule has 1 aliphatic rings. The lowest BCUT2D eigenvalue weighted by atomic mass is 9.92. The largest absolute Gasteiger partial charge is 0.481 e. The topological polar surface area (TPSA) is 40.5 Å². The quantitative estimate of drug-likeness (QED) is 0.723. The molecule has 0 aliphatic carbocycles. The van der Waals surface area contributed by atoms with Crippen molar-refractivity contribution in [3.63, 3.8) is 0 Å². The third-order valence-corrected chi connectivity index (χ3v) is 2.59. The standard InChI is InChI=1S/C10H19NO2/c1-8-5-9(2)7-11(6-8)4-3-10(12)13/h8-9H,3-7H2,1-2H3,(H,12,13)/t8-,9+. The lowest BCUT2D eigenvalue weighted by molar-refractivity contribution is -0.137. The maximum atomic E-state index is 10.4. The predicted molar refractivity (Wildman–Crippen MR) is 51.6 cm³/mol. The fourth-order valence-corrected chi connectivity index (χ4v) is 2.23. The van der Waals surface area contributed by atoms with Gasteiger partial charge >= 0.3 is 5.97 Å². The van der Waals surface area contributed by atoms with E-state index in [0.717, 1.165) is 24.9 Å². The average Bonchev–Trinajstić information content (AvgIpc) is 1.99. The Kier molecular flexibility index (Phi) is 3.72. The monoisotopic (exact) mass is 185 g/mol. The van der Waals surface area contributed by atoms with Crippen molar-refractivity contribution < 1.29 is 9.90 Å². The van der Waals surface area contributed by atoms with Gasteiger partial charge in [-0.25, -0.2) is 0 Å². The minimum absolute atomic E-state index is 0.277. The molecule has 1 heterocycles. The molecule has 0 aromatic heterocycles. The van der Waals surface area contributed by atoms with Crippen molar-refractivity contribution >= 4 is 5.97 Å². The Hall–Kier alpha value is -0.570. The van der Waals surface area contributed by atoms with Crippen LogP contribution in [0.3, 0.4) is 0 Å². The zero-order chi connectivity index (χ0) is 9.84. The van der Waals surface area contributed by atoms with E-state index in [4.69, 9.17) is 5.11 Å². The zero-order valence-corrected chi connectivity index (χ0v) is 8.49. The zero-order valence-electron chi connectivity index (χ0n) is 8.49. The predicted octanol–water partition coefficient (Wildman–Crippen LogP) is 1.44. The first-order chi connectivity index (χ1) is 6.08. The van der Waals surface area contributed by atoms with Crippen molar-refractivity contribution in [2.75, 3.05) is 19.6 Å². The van der Waals surface area contributed by atoms with E-state index in [2.05, 4.69) is 18.7 Å². The second-order valence-corrected chi connectivity index (χ2v) is 4.35. The van der Waals surface area contributed by atoms with Gasteiger partial charge in [0.15, 0.2) is 0 Å². The van der Waals surface area contributed by atoms with Gasteiger partial charge < -0.3 is 10.0 Å². The molecule has 0 saturated carbocycles. The molecule has 3 heteroatoms. The molecule has 0 bridgehead atoms. The summed E-state index contributed by atoms with van der Waals surface area (Å²) in [6, 6.07) is 0. The number of carboxylic acids is 1. The molecule has 0 amide bonds. The number of aliphatic carboxylic acids is 1. The van der Waals surface area contributed by atoms with Gasteiger partial charge in [0, 0.05) is 19.6 Å². The van der Waals surface area contributed by atoms with Crippen LogP contribution in [0.2, 0.25) is 0 Å². The van der Waals surface area contributed by atoms with Crippen LogP contribution in [0.4, 0.5) is 0 Å². The van der Waals surface area contributed by atoms with E-state index in [9.17, 15) is 4.79 Å². The molecule has 13 heavy (non-hydrogen) atoms. The molecule has 1 N–H and O–H groups in total. The molecular weight excluding hydrogens is 166 g/mol. The van der Waals surface area contributed by atoms with Gasteiger partial charge in [0.05, 0.1) is 6.42 Å². The summed E-state index contributed by atoms with van der Waals surface area (Å²) in [5, 5.41) is 8.55. The molecule has 0 aromatic rings. The summed E-state index contributed by atoms with van der Waals surface area (Å²) in [5.74, 6) is 0.751. The summed E-state index contributed by atoms with van der Waals surface area (Å²) in [5.41, 5.74) is 0. The molecule has 1 rings (SSSR count). The van der Waals surface area contributed by atoms with Crippen molar-refractivity contribution in [3.05, 3.63) is 0 Å². The smallest absolute Gasteiger partial charge is 0.304 e. The summed E-state index contributed by atoms with van der Waals surface area (Å²) in [6.07, 6.45) is 1.56. The van der Waals surface area contributed by atoms with E-state index in [0.29, 0.717) is 6.54 Å². The van der Waals surface area contributed by atoms with E-state index in [1.165, 1.54) is 6.42 Å². The summed E-state index contributed by atoms with van der Waals surface area (Å²) < 4.78 is 0. The Morgan fingerprint density at radius 2 is 1.92 bits per heavy atom. The van der Waals surface area contributed by atoms with E-state index in [-0.39, 0.29) is 6.42 Å². The fourth-order valence-electron chi connectivity index (χ4n) is 2.23. The van der Waals surface area contributed by atoms with Crippen molar-refractivity contribution in [1.82, 2.24) is 4.90 Å². The van der Waals surface area contributed by atoms with E-state index in [1.54, 1.807) is 0 Å². The molecule has 3 nitrogen and oxygen atoms in total. The van der Waals surface area contributed by atoms with Gasteiger partial charge in [-0.15, -0.1) is 0 Å². The van der Waals surface area contributed by atoms with Crippen molar-refractivity contribution in [2.45, 2.75) is 26.7 Å². The second kappa shape index (κ2) is 4.61. The third-order valence-electron chi connectivity index (χ3n) is 2.59.